The van der Waals surface area contributed by atoms with E-state index in [0.717, 1.165) is 13.2 Å². The van der Waals surface area contributed by atoms with Crippen LogP contribution in [0.25, 0.3) is 0 Å². The molecule has 0 bridgehead atoms. The summed E-state index contributed by atoms with van der Waals surface area (Å²) >= 11 is 0. The van der Waals surface area contributed by atoms with Crippen molar-refractivity contribution < 1.29 is 26.3 Å². The Morgan fingerprint density at radius 2 is 1.94 bits per heavy atom. The van der Waals surface area contributed by atoms with Crippen molar-refractivity contribution in [2.75, 3.05) is 12.9 Å². The highest BCUT2D eigenvalue weighted by atomic mass is 32.2. The number of rotatable bonds is 3. The van der Waals surface area contributed by atoms with E-state index >= 15 is 0 Å². The second kappa shape index (κ2) is 4.21. The number of nitrogens with zero attached hydrogens (tertiary/aromatic N) is 2. The lowest BCUT2D eigenvalue weighted by atomic mass is 10.2. The number of halogens is 3. The van der Waals surface area contributed by atoms with Crippen molar-refractivity contribution in [1.29, 1.82) is 0 Å². The van der Waals surface area contributed by atoms with Gasteiger partial charge in [0.15, 0.2) is 5.69 Å². The van der Waals surface area contributed by atoms with E-state index in [1.165, 1.54) is 6.92 Å². The third kappa shape index (κ3) is 2.71. The van der Waals surface area contributed by atoms with Gasteiger partial charge in [0.1, 0.15) is 0 Å². The highest BCUT2D eigenvalue weighted by Crippen LogP contribution is 2.35. The summed E-state index contributed by atoms with van der Waals surface area (Å²) in [6.45, 7) is 2.69. The first-order valence-electron chi connectivity index (χ1n) is 4.59. The predicted octanol–water partition coefficient (Wildman–Crippen LogP) is 1.42. The van der Waals surface area contributed by atoms with Gasteiger partial charge in [-0.05, 0) is 13.8 Å². The van der Waals surface area contributed by atoms with Crippen LogP contribution >= 0.6 is 0 Å². The topological polar surface area (TPSA) is 61.2 Å². The van der Waals surface area contributed by atoms with E-state index < -0.39 is 27.8 Å². The normalized spacial score (nSPS) is 12.8. The van der Waals surface area contributed by atoms with Gasteiger partial charge in [0.05, 0.1) is 12.9 Å². The first-order valence-corrected chi connectivity index (χ1v) is 6.44. The van der Waals surface area contributed by atoms with Gasteiger partial charge in [0.25, 0.3) is 10.0 Å². The fourth-order valence-electron chi connectivity index (χ4n) is 1.25. The van der Waals surface area contributed by atoms with Crippen LogP contribution in [0.2, 0.25) is 0 Å². The molecule has 0 aliphatic rings. The summed E-state index contributed by atoms with van der Waals surface area (Å²) in [5.41, 5.74) is -1.60. The lowest BCUT2D eigenvalue weighted by molar-refractivity contribution is -0.141. The summed E-state index contributed by atoms with van der Waals surface area (Å²) in [6.07, 6.45) is -3.96. The van der Waals surface area contributed by atoms with E-state index in [1.807, 2.05) is 0 Å². The maximum Gasteiger partial charge on any atom is 0.435 e. The number of ether oxygens (including phenoxy) is 1. The fourth-order valence-corrected chi connectivity index (χ4v) is 1.97. The van der Waals surface area contributed by atoms with Gasteiger partial charge in [-0.1, -0.05) is 0 Å². The monoisotopic (exact) mass is 272 g/mol. The molecule has 0 unspecified atom stereocenters. The molecule has 5 nitrogen and oxygen atoms in total. The van der Waals surface area contributed by atoms with Gasteiger partial charge in [-0.15, -0.1) is 9.19 Å². The molecule has 1 heterocycles. The first kappa shape index (κ1) is 13.8. The Morgan fingerprint density at radius 3 is 2.29 bits per heavy atom. The summed E-state index contributed by atoms with van der Waals surface area (Å²) in [5.74, 6) is -0.401. The lowest BCUT2D eigenvalue weighted by Gasteiger charge is -2.05. The van der Waals surface area contributed by atoms with E-state index in [-0.39, 0.29) is 16.3 Å². The molecule has 0 saturated carbocycles. The van der Waals surface area contributed by atoms with E-state index in [1.54, 1.807) is 0 Å². The van der Waals surface area contributed by atoms with Gasteiger partial charge in [-0.25, -0.2) is 8.42 Å². The Labute approximate surface area is 96.2 Å². The molecule has 0 saturated heterocycles. The number of alkyl halides is 3. The third-order valence-corrected chi connectivity index (χ3v) is 2.78. The maximum atomic E-state index is 12.5. The molecule has 0 aliphatic carbocycles. The number of aromatic nitrogens is 2. The van der Waals surface area contributed by atoms with Gasteiger partial charge in [-0.3, -0.25) is 0 Å². The van der Waals surface area contributed by atoms with E-state index in [2.05, 4.69) is 5.10 Å². The van der Waals surface area contributed by atoms with Crippen LogP contribution in [0.15, 0.2) is 0 Å². The minimum absolute atomic E-state index is 0.0410. The van der Waals surface area contributed by atoms with Crippen LogP contribution in [0.4, 0.5) is 13.2 Å². The molecule has 0 N–H and O–H groups in total. The zero-order valence-electron chi connectivity index (χ0n) is 9.37. The Bertz CT molecular complexity index is 519. The Balaban J connectivity index is 3.52. The van der Waals surface area contributed by atoms with E-state index in [9.17, 15) is 21.6 Å². The van der Waals surface area contributed by atoms with Crippen molar-refractivity contribution in [2.24, 2.45) is 0 Å². The van der Waals surface area contributed by atoms with Crippen LogP contribution in [-0.4, -0.2) is 30.5 Å². The summed E-state index contributed by atoms with van der Waals surface area (Å²) in [4.78, 5) is 0. The minimum Gasteiger partial charge on any atom is -0.477 e. The molecule has 1 aromatic heterocycles. The summed E-state index contributed by atoms with van der Waals surface area (Å²) < 4.78 is 65.3. The standard InChI is InChI=1S/C8H11F3N2O3S/c1-4-16-7-5(2)6(8(9,10)11)12-13(7)17(3,14)15/h4H2,1-3H3. The van der Waals surface area contributed by atoms with Gasteiger partial charge in [-0.2, -0.15) is 13.2 Å². The third-order valence-electron chi connectivity index (χ3n) is 1.90. The minimum atomic E-state index is -4.72. The molecule has 1 aromatic rings. The lowest BCUT2D eigenvalue weighted by Crippen LogP contribution is -2.15. The zero-order chi connectivity index (χ0) is 13.4. The van der Waals surface area contributed by atoms with Gasteiger partial charge in [0.2, 0.25) is 5.88 Å². The van der Waals surface area contributed by atoms with Gasteiger partial charge in [0, 0.05) is 5.56 Å². The quantitative estimate of drug-likeness (QED) is 0.834. The van der Waals surface area contributed by atoms with Crippen molar-refractivity contribution in [3.63, 3.8) is 0 Å². The SMILES string of the molecule is CCOc1c(C)c(C(F)(F)F)nn1S(C)(=O)=O. The van der Waals surface area contributed by atoms with Gasteiger partial charge >= 0.3 is 6.18 Å². The van der Waals surface area contributed by atoms with Crippen LogP contribution in [0.1, 0.15) is 18.2 Å². The number of hydrogen-bond donors (Lipinski definition) is 0. The van der Waals surface area contributed by atoms with Crippen molar-refractivity contribution in [2.45, 2.75) is 20.0 Å². The molecule has 0 amide bonds. The molecular formula is C8H11F3N2O3S. The molecular weight excluding hydrogens is 261 g/mol. The summed E-state index contributed by atoms with van der Waals surface area (Å²) in [5, 5.41) is 3.05. The molecule has 0 atom stereocenters. The molecule has 0 radical (unpaired) electrons. The molecule has 0 spiro atoms. The van der Waals surface area contributed by atoms with Crippen molar-refractivity contribution >= 4 is 10.0 Å². The Hall–Kier alpha value is -1.25. The van der Waals surface area contributed by atoms with Crippen LogP contribution in [0.5, 0.6) is 5.88 Å². The molecule has 9 heteroatoms. The maximum absolute atomic E-state index is 12.5. The second-order valence-electron chi connectivity index (χ2n) is 3.32. The molecule has 17 heavy (non-hydrogen) atoms. The van der Waals surface area contributed by atoms with Crippen LogP contribution in [0, 0.1) is 6.92 Å². The van der Waals surface area contributed by atoms with Crippen molar-refractivity contribution in [1.82, 2.24) is 9.19 Å². The average molecular weight is 272 g/mol. The average Bonchev–Trinajstić information content (AvgIpc) is 2.43. The van der Waals surface area contributed by atoms with Crippen LogP contribution in [0.3, 0.4) is 0 Å². The molecule has 0 fully saturated rings. The fraction of sp³-hybridized carbons (Fsp3) is 0.625. The second-order valence-corrected chi connectivity index (χ2v) is 5.13. The summed E-state index contributed by atoms with van der Waals surface area (Å²) in [7, 11) is -3.94. The van der Waals surface area contributed by atoms with Crippen molar-refractivity contribution in [3.05, 3.63) is 11.3 Å². The molecule has 0 aliphatic heterocycles. The molecule has 98 valence electrons. The van der Waals surface area contributed by atoms with Crippen molar-refractivity contribution in [3.8, 4) is 5.88 Å². The Kier molecular flexibility index (Phi) is 3.42. The molecule has 1 rings (SSSR count). The Morgan fingerprint density at radius 1 is 1.41 bits per heavy atom. The molecule has 0 aromatic carbocycles. The predicted molar refractivity (Wildman–Crippen MR) is 53.4 cm³/mol. The zero-order valence-corrected chi connectivity index (χ0v) is 10.2. The number of hydrogen-bond acceptors (Lipinski definition) is 4. The van der Waals surface area contributed by atoms with E-state index in [4.69, 9.17) is 4.74 Å². The van der Waals surface area contributed by atoms with Gasteiger partial charge < -0.3 is 4.74 Å². The summed E-state index contributed by atoms with van der Waals surface area (Å²) in [6, 6.07) is 0. The highest BCUT2D eigenvalue weighted by molar-refractivity contribution is 7.89. The van der Waals surface area contributed by atoms with E-state index in [0.29, 0.717) is 0 Å². The van der Waals surface area contributed by atoms with Crippen LogP contribution < -0.4 is 4.74 Å². The first-order chi connectivity index (χ1) is 7.59. The smallest absolute Gasteiger partial charge is 0.435 e. The van der Waals surface area contributed by atoms with Crippen LogP contribution in [-0.2, 0) is 16.2 Å². The highest BCUT2D eigenvalue weighted by Gasteiger charge is 2.39. The largest absolute Gasteiger partial charge is 0.477 e.